The fraction of sp³-hybridized carbons (Fsp3) is 0.286. The highest BCUT2D eigenvalue weighted by molar-refractivity contribution is 7.89. The minimum Gasteiger partial charge on any atom is -0.363 e. The third-order valence-corrected chi connectivity index (χ3v) is 4.53. The Bertz CT molecular complexity index is 685. The van der Waals surface area contributed by atoms with E-state index in [0.717, 1.165) is 5.56 Å². The summed E-state index contributed by atoms with van der Waals surface area (Å²) in [6, 6.07) is 6.45. The van der Waals surface area contributed by atoms with Gasteiger partial charge in [-0.05, 0) is 30.7 Å². The zero-order chi connectivity index (χ0) is 15.5. The van der Waals surface area contributed by atoms with Gasteiger partial charge in [0.1, 0.15) is 10.7 Å². The van der Waals surface area contributed by atoms with Crippen LogP contribution in [0.15, 0.2) is 47.8 Å². The molecule has 1 atom stereocenters. The minimum atomic E-state index is -3.61. The maximum atomic E-state index is 12.3. The normalized spacial score (nSPS) is 12.9. The Morgan fingerprint density at radius 1 is 1.19 bits per heavy atom. The van der Waals surface area contributed by atoms with E-state index in [4.69, 9.17) is 0 Å². The zero-order valence-corrected chi connectivity index (χ0v) is 13.0. The number of hydrogen-bond acceptors (Lipinski definition) is 5. The first-order chi connectivity index (χ1) is 9.90. The minimum absolute atomic E-state index is 0.142. The second-order valence-corrected chi connectivity index (χ2v) is 6.59. The lowest BCUT2D eigenvalue weighted by Crippen LogP contribution is -2.27. The zero-order valence-electron chi connectivity index (χ0n) is 12.2. The van der Waals surface area contributed by atoms with Crippen molar-refractivity contribution in [1.82, 2.24) is 14.7 Å². The van der Waals surface area contributed by atoms with Crippen LogP contribution in [0.5, 0.6) is 0 Å². The number of nitrogens with one attached hydrogen (secondary N) is 1. The van der Waals surface area contributed by atoms with Gasteiger partial charge >= 0.3 is 0 Å². The molecule has 1 N–H and O–H groups in total. The smallest absolute Gasteiger partial charge is 0.242 e. The summed E-state index contributed by atoms with van der Waals surface area (Å²) in [4.78, 5) is 10.1. The Morgan fingerprint density at radius 2 is 1.95 bits per heavy atom. The first kappa shape index (κ1) is 15.4. The topological polar surface area (TPSA) is 75.2 Å². The third-order valence-electron chi connectivity index (χ3n) is 3.01. The Kier molecular flexibility index (Phi) is 4.54. The fourth-order valence-electron chi connectivity index (χ4n) is 1.80. The second-order valence-electron chi connectivity index (χ2n) is 4.88. The second kappa shape index (κ2) is 6.19. The number of nitrogens with zero attached hydrogens (tertiary/aromatic N) is 3. The van der Waals surface area contributed by atoms with E-state index in [1.165, 1.54) is 6.20 Å². The molecule has 2 aromatic rings. The van der Waals surface area contributed by atoms with Crippen LogP contribution < -0.4 is 9.62 Å². The van der Waals surface area contributed by atoms with Gasteiger partial charge < -0.3 is 4.90 Å². The monoisotopic (exact) mass is 306 g/mol. The van der Waals surface area contributed by atoms with Gasteiger partial charge in [-0.2, -0.15) is 0 Å². The average Bonchev–Trinajstić information content (AvgIpc) is 2.48. The van der Waals surface area contributed by atoms with E-state index in [-0.39, 0.29) is 10.9 Å². The van der Waals surface area contributed by atoms with Crippen LogP contribution in [-0.4, -0.2) is 32.5 Å². The van der Waals surface area contributed by atoms with Crippen molar-refractivity contribution in [3.05, 3.63) is 48.4 Å². The maximum Gasteiger partial charge on any atom is 0.242 e. The molecule has 0 fully saturated rings. The summed E-state index contributed by atoms with van der Waals surface area (Å²) in [7, 11) is 0.0840. The summed E-state index contributed by atoms with van der Waals surface area (Å²) in [6.45, 7) is 1.77. The molecule has 0 aromatic carbocycles. The van der Waals surface area contributed by atoms with Crippen molar-refractivity contribution >= 4 is 15.8 Å². The first-order valence-corrected chi connectivity index (χ1v) is 7.94. The number of hydrogen-bond donors (Lipinski definition) is 1. The van der Waals surface area contributed by atoms with E-state index >= 15 is 0 Å². The Hall–Kier alpha value is -1.99. The number of rotatable bonds is 5. The van der Waals surface area contributed by atoms with Crippen LogP contribution in [0.2, 0.25) is 0 Å². The summed E-state index contributed by atoms with van der Waals surface area (Å²) in [6.07, 6.45) is 4.64. The maximum absolute atomic E-state index is 12.3. The van der Waals surface area contributed by atoms with Gasteiger partial charge in [0, 0.05) is 38.7 Å². The van der Waals surface area contributed by atoms with Gasteiger partial charge in [-0.3, -0.25) is 4.98 Å². The molecule has 0 saturated carbocycles. The molecule has 0 radical (unpaired) electrons. The summed E-state index contributed by atoms with van der Waals surface area (Å²) in [5.74, 6) is 0.703. The van der Waals surface area contributed by atoms with Crippen LogP contribution in [0, 0.1) is 0 Å². The largest absolute Gasteiger partial charge is 0.363 e. The number of sulfonamides is 1. The highest BCUT2D eigenvalue weighted by Crippen LogP contribution is 2.17. The molecule has 2 rings (SSSR count). The quantitative estimate of drug-likeness (QED) is 0.908. The summed E-state index contributed by atoms with van der Waals surface area (Å²) >= 11 is 0. The molecule has 0 aliphatic rings. The van der Waals surface area contributed by atoms with Crippen molar-refractivity contribution in [1.29, 1.82) is 0 Å². The Morgan fingerprint density at radius 3 is 2.48 bits per heavy atom. The highest BCUT2D eigenvalue weighted by atomic mass is 32.2. The first-order valence-electron chi connectivity index (χ1n) is 6.46. The number of aromatic nitrogens is 2. The van der Waals surface area contributed by atoms with Gasteiger partial charge in [0.2, 0.25) is 10.0 Å². The van der Waals surface area contributed by atoms with Gasteiger partial charge in [0.25, 0.3) is 0 Å². The Balaban J connectivity index is 2.18. The van der Waals surface area contributed by atoms with E-state index in [2.05, 4.69) is 14.7 Å². The summed E-state index contributed by atoms with van der Waals surface area (Å²) in [5.41, 5.74) is 0.805. The predicted molar refractivity (Wildman–Crippen MR) is 81.5 cm³/mol. The molecule has 21 heavy (non-hydrogen) atoms. The van der Waals surface area contributed by atoms with Crippen molar-refractivity contribution in [2.24, 2.45) is 0 Å². The van der Waals surface area contributed by atoms with Crippen LogP contribution >= 0.6 is 0 Å². The van der Waals surface area contributed by atoms with Crippen LogP contribution in [0.1, 0.15) is 18.5 Å². The molecule has 0 unspecified atom stereocenters. The van der Waals surface area contributed by atoms with E-state index in [9.17, 15) is 8.42 Å². The standard InChI is InChI=1S/C14H18N4O2S/c1-11(12-5-4-8-15-9-12)17-21(19,20)13-6-7-14(16-10-13)18(2)3/h4-11,17H,1-3H3/t11-/m1/s1. The molecule has 7 heteroatoms. The van der Waals surface area contributed by atoms with Crippen molar-refractivity contribution in [3.63, 3.8) is 0 Å². The molecule has 0 bridgehead atoms. The van der Waals surface area contributed by atoms with Crippen molar-refractivity contribution in [2.75, 3.05) is 19.0 Å². The highest BCUT2D eigenvalue weighted by Gasteiger charge is 2.19. The van der Waals surface area contributed by atoms with Gasteiger partial charge in [-0.25, -0.2) is 18.1 Å². The van der Waals surface area contributed by atoms with Crippen LogP contribution in [0.25, 0.3) is 0 Å². The Labute approximate surface area is 124 Å². The lowest BCUT2D eigenvalue weighted by molar-refractivity contribution is 0.566. The molecule has 2 aromatic heterocycles. The summed E-state index contributed by atoms with van der Waals surface area (Å²) in [5, 5.41) is 0. The molecule has 0 amide bonds. The van der Waals surface area contributed by atoms with E-state index in [1.54, 1.807) is 37.5 Å². The molecular weight excluding hydrogens is 288 g/mol. The van der Waals surface area contributed by atoms with Gasteiger partial charge in [-0.1, -0.05) is 6.07 Å². The predicted octanol–water partition coefficient (Wildman–Crippen LogP) is 1.58. The number of anilines is 1. The van der Waals surface area contributed by atoms with Crippen molar-refractivity contribution in [2.45, 2.75) is 17.9 Å². The lowest BCUT2D eigenvalue weighted by atomic mass is 10.2. The van der Waals surface area contributed by atoms with E-state index in [1.807, 2.05) is 25.1 Å². The van der Waals surface area contributed by atoms with E-state index in [0.29, 0.717) is 5.82 Å². The van der Waals surface area contributed by atoms with Crippen LogP contribution in [-0.2, 0) is 10.0 Å². The summed E-state index contributed by atoms with van der Waals surface area (Å²) < 4.78 is 27.2. The molecule has 2 heterocycles. The molecule has 0 spiro atoms. The van der Waals surface area contributed by atoms with Crippen molar-refractivity contribution in [3.8, 4) is 0 Å². The molecule has 6 nitrogen and oxygen atoms in total. The third kappa shape index (κ3) is 3.77. The van der Waals surface area contributed by atoms with Gasteiger partial charge in [-0.15, -0.1) is 0 Å². The fourth-order valence-corrected chi connectivity index (χ4v) is 2.97. The molecule has 0 aliphatic heterocycles. The molecule has 0 saturated heterocycles. The number of pyridine rings is 2. The SMILES string of the molecule is C[C@@H](NS(=O)(=O)c1ccc(N(C)C)nc1)c1cccnc1. The average molecular weight is 306 g/mol. The molecule has 0 aliphatic carbocycles. The molecular formula is C14H18N4O2S. The van der Waals surface area contributed by atoms with Crippen LogP contribution in [0.3, 0.4) is 0 Å². The van der Waals surface area contributed by atoms with Gasteiger partial charge in [0.15, 0.2) is 0 Å². The van der Waals surface area contributed by atoms with Crippen molar-refractivity contribution < 1.29 is 8.42 Å². The van der Waals surface area contributed by atoms with Gasteiger partial charge in [0.05, 0.1) is 0 Å². The lowest BCUT2D eigenvalue weighted by Gasteiger charge is -2.15. The van der Waals surface area contributed by atoms with E-state index < -0.39 is 10.0 Å². The molecule has 112 valence electrons. The van der Waals surface area contributed by atoms with Crippen LogP contribution in [0.4, 0.5) is 5.82 Å².